The molecule has 3 heteroatoms. The van der Waals surface area contributed by atoms with Crippen molar-refractivity contribution in [1.29, 1.82) is 0 Å². The Balaban J connectivity index is 1.62. The molecule has 1 aromatic rings. The Morgan fingerprint density at radius 2 is 2.00 bits per heavy atom. The zero-order chi connectivity index (χ0) is 12.6. The molecule has 1 aliphatic carbocycles. The molecule has 1 saturated heterocycles. The first-order chi connectivity index (χ1) is 8.66. The van der Waals surface area contributed by atoms with Gasteiger partial charge in [0.25, 0.3) is 0 Å². The fourth-order valence-corrected chi connectivity index (χ4v) is 2.70. The van der Waals surface area contributed by atoms with E-state index in [0.29, 0.717) is 6.10 Å². The highest BCUT2D eigenvalue weighted by atomic mass is 16.5. The highest BCUT2D eigenvalue weighted by Crippen LogP contribution is 2.42. The van der Waals surface area contributed by atoms with Gasteiger partial charge in [-0.15, -0.1) is 0 Å². The van der Waals surface area contributed by atoms with E-state index in [4.69, 9.17) is 10.5 Å². The van der Waals surface area contributed by atoms with Crippen LogP contribution in [0.3, 0.4) is 0 Å². The third-order valence-corrected chi connectivity index (χ3v) is 4.10. The minimum absolute atomic E-state index is 0.0381. The number of hydrogen-bond acceptors (Lipinski definition) is 3. The lowest BCUT2D eigenvalue weighted by Gasteiger charge is -2.30. The first-order valence-corrected chi connectivity index (χ1v) is 6.90. The zero-order valence-electron chi connectivity index (χ0n) is 11.1. The van der Waals surface area contributed by atoms with Crippen LogP contribution in [0.25, 0.3) is 0 Å². The monoisotopic (exact) mass is 246 g/mol. The van der Waals surface area contributed by atoms with Gasteiger partial charge in [0.05, 0.1) is 0 Å². The van der Waals surface area contributed by atoms with Gasteiger partial charge in [-0.25, -0.2) is 0 Å². The number of nitrogens with two attached hydrogens (primary N) is 1. The Bertz CT molecular complexity index is 411. The molecule has 0 aromatic heterocycles. The van der Waals surface area contributed by atoms with Crippen LogP contribution < -0.4 is 10.5 Å². The van der Waals surface area contributed by atoms with Crippen LogP contribution in [0, 0.1) is 0 Å². The zero-order valence-corrected chi connectivity index (χ0v) is 11.1. The number of nitrogens with zero attached hydrogens (tertiary/aromatic N) is 1. The second-order valence-corrected chi connectivity index (χ2v) is 5.82. The van der Waals surface area contributed by atoms with E-state index in [9.17, 15) is 0 Å². The second-order valence-electron chi connectivity index (χ2n) is 5.82. The smallest absolute Gasteiger partial charge is 0.119 e. The maximum Gasteiger partial charge on any atom is 0.119 e. The van der Waals surface area contributed by atoms with Crippen LogP contribution >= 0.6 is 0 Å². The lowest BCUT2D eigenvalue weighted by Crippen LogP contribution is -2.38. The van der Waals surface area contributed by atoms with Gasteiger partial charge < -0.3 is 15.4 Å². The third kappa shape index (κ3) is 2.52. The number of ether oxygens (including phenoxy) is 1. The molecule has 1 atom stereocenters. The molecule has 0 amide bonds. The summed E-state index contributed by atoms with van der Waals surface area (Å²) < 4.78 is 6.03. The number of hydrogen-bond donors (Lipinski definition) is 1. The summed E-state index contributed by atoms with van der Waals surface area (Å²) in [5.74, 6) is 0.975. The van der Waals surface area contributed by atoms with E-state index in [-0.39, 0.29) is 5.54 Å². The minimum atomic E-state index is -0.0381. The van der Waals surface area contributed by atoms with Gasteiger partial charge in [-0.1, -0.05) is 12.1 Å². The van der Waals surface area contributed by atoms with Crippen molar-refractivity contribution in [3.05, 3.63) is 29.8 Å². The summed E-state index contributed by atoms with van der Waals surface area (Å²) >= 11 is 0. The molecule has 1 aliphatic heterocycles. The summed E-state index contributed by atoms with van der Waals surface area (Å²) in [6.45, 7) is 2.22. The van der Waals surface area contributed by atoms with Crippen molar-refractivity contribution in [2.45, 2.75) is 37.3 Å². The molecule has 1 aromatic carbocycles. The number of benzene rings is 1. The summed E-state index contributed by atoms with van der Waals surface area (Å²) in [4.78, 5) is 2.33. The molecular formula is C15H22N2O. The van der Waals surface area contributed by atoms with Crippen LogP contribution in [0.2, 0.25) is 0 Å². The van der Waals surface area contributed by atoms with Crippen molar-refractivity contribution in [3.8, 4) is 5.75 Å². The predicted octanol–water partition coefficient (Wildman–Crippen LogP) is 2.11. The van der Waals surface area contributed by atoms with Crippen molar-refractivity contribution in [3.63, 3.8) is 0 Å². The molecule has 18 heavy (non-hydrogen) atoms. The van der Waals surface area contributed by atoms with E-state index in [0.717, 1.165) is 31.6 Å². The molecule has 1 unspecified atom stereocenters. The first-order valence-electron chi connectivity index (χ1n) is 6.90. The molecule has 2 aliphatic rings. The second kappa shape index (κ2) is 4.56. The van der Waals surface area contributed by atoms with Crippen molar-refractivity contribution in [1.82, 2.24) is 4.90 Å². The molecule has 3 nitrogen and oxygen atoms in total. The van der Waals surface area contributed by atoms with Gasteiger partial charge in [-0.3, -0.25) is 0 Å². The third-order valence-electron chi connectivity index (χ3n) is 4.10. The number of likely N-dealkylation sites (tertiary alicyclic amines) is 1. The fraction of sp³-hybridized carbons (Fsp3) is 0.600. The lowest BCUT2D eigenvalue weighted by molar-refractivity contribution is 0.104. The summed E-state index contributed by atoms with van der Waals surface area (Å²) in [6, 6.07) is 8.37. The average molecular weight is 246 g/mol. The maximum atomic E-state index is 6.17. The fourth-order valence-electron chi connectivity index (χ4n) is 2.70. The van der Waals surface area contributed by atoms with Crippen molar-refractivity contribution in [2.24, 2.45) is 5.73 Å². The highest BCUT2D eigenvalue weighted by Gasteiger charge is 2.39. The van der Waals surface area contributed by atoms with Crippen molar-refractivity contribution in [2.75, 3.05) is 20.1 Å². The molecule has 2 N–H and O–H groups in total. The predicted molar refractivity (Wildman–Crippen MR) is 72.7 cm³/mol. The van der Waals surface area contributed by atoms with Gasteiger partial charge in [0, 0.05) is 12.1 Å². The van der Waals surface area contributed by atoms with Crippen LogP contribution in [0.4, 0.5) is 0 Å². The molecule has 0 spiro atoms. The van der Waals surface area contributed by atoms with E-state index in [1.165, 1.54) is 18.5 Å². The van der Waals surface area contributed by atoms with Crippen LogP contribution in [0.1, 0.15) is 31.2 Å². The summed E-state index contributed by atoms with van der Waals surface area (Å²) in [6.07, 6.45) is 4.95. The van der Waals surface area contributed by atoms with Gasteiger partial charge >= 0.3 is 0 Å². The molecular weight excluding hydrogens is 224 g/mol. The van der Waals surface area contributed by atoms with Crippen LogP contribution in [-0.2, 0) is 5.54 Å². The van der Waals surface area contributed by atoms with Gasteiger partial charge in [0.1, 0.15) is 11.9 Å². The maximum absolute atomic E-state index is 6.17. The molecule has 2 fully saturated rings. The summed E-state index contributed by atoms with van der Waals surface area (Å²) in [5, 5.41) is 0. The largest absolute Gasteiger partial charge is 0.489 e. The summed E-state index contributed by atoms with van der Waals surface area (Å²) in [5.41, 5.74) is 7.38. The van der Waals surface area contributed by atoms with Crippen molar-refractivity contribution < 1.29 is 4.74 Å². The van der Waals surface area contributed by atoms with E-state index < -0.39 is 0 Å². The molecule has 98 valence electrons. The van der Waals surface area contributed by atoms with E-state index >= 15 is 0 Å². The Hall–Kier alpha value is -1.06. The molecule has 0 radical (unpaired) electrons. The van der Waals surface area contributed by atoms with E-state index in [1.54, 1.807) is 0 Å². The average Bonchev–Trinajstić information content (AvgIpc) is 3.09. The SMILES string of the molecule is CN1CCCC(Oc2ccc(C3(N)CC3)cc2)C1. The Morgan fingerprint density at radius 1 is 1.28 bits per heavy atom. The van der Waals surface area contributed by atoms with E-state index in [2.05, 4.69) is 36.2 Å². The van der Waals surface area contributed by atoms with E-state index in [1.807, 2.05) is 0 Å². The van der Waals surface area contributed by atoms with Crippen molar-refractivity contribution >= 4 is 0 Å². The van der Waals surface area contributed by atoms with Crippen LogP contribution in [0.15, 0.2) is 24.3 Å². The Morgan fingerprint density at radius 3 is 2.61 bits per heavy atom. The Labute approximate surface area is 109 Å². The normalized spacial score (nSPS) is 26.9. The summed E-state index contributed by atoms with van der Waals surface area (Å²) in [7, 11) is 2.16. The molecule has 1 heterocycles. The van der Waals surface area contributed by atoms with Gasteiger partial charge in [-0.05, 0) is 57.0 Å². The quantitative estimate of drug-likeness (QED) is 0.887. The lowest BCUT2D eigenvalue weighted by atomic mass is 10.1. The topological polar surface area (TPSA) is 38.5 Å². The number of rotatable bonds is 3. The first kappa shape index (κ1) is 12.0. The molecule has 1 saturated carbocycles. The van der Waals surface area contributed by atoms with Gasteiger partial charge in [0.15, 0.2) is 0 Å². The number of piperidine rings is 1. The van der Waals surface area contributed by atoms with Gasteiger partial charge in [-0.2, -0.15) is 0 Å². The van der Waals surface area contributed by atoms with Gasteiger partial charge in [0.2, 0.25) is 0 Å². The van der Waals surface area contributed by atoms with Crippen LogP contribution in [-0.4, -0.2) is 31.1 Å². The highest BCUT2D eigenvalue weighted by molar-refractivity contribution is 5.34. The molecule has 3 rings (SSSR count). The minimum Gasteiger partial charge on any atom is -0.489 e. The Kier molecular flexibility index (Phi) is 3.04. The molecule has 0 bridgehead atoms. The number of likely N-dealkylation sites (N-methyl/N-ethyl adjacent to an activating group) is 1. The van der Waals surface area contributed by atoms with Crippen LogP contribution in [0.5, 0.6) is 5.75 Å². The standard InChI is InChI=1S/C15H22N2O/c1-17-10-2-3-14(11-17)18-13-6-4-12(5-7-13)15(16)8-9-15/h4-7,14H,2-3,8-11,16H2,1H3.